The van der Waals surface area contributed by atoms with Crippen LogP contribution < -0.4 is 0 Å². The maximum atomic E-state index is 13.8. The first-order valence-electron chi connectivity index (χ1n) is 7.11. The van der Waals surface area contributed by atoms with Crippen LogP contribution in [0, 0.1) is 29.1 Å². The van der Waals surface area contributed by atoms with E-state index >= 15 is 0 Å². The molecule has 0 N–H and O–H groups in total. The predicted octanol–water partition coefficient (Wildman–Crippen LogP) is 4.79. The Kier molecular flexibility index (Phi) is 5.78. The Morgan fingerprint density at radius 2 is 1.33 bits per heavy atom. The quantitative estimate of drug-likeness (QED) is 0.324. The van der Waals surface area contributed by atoms with Crippen LogP contribution in [0.15, 0.2) is 34.5 Å². The van der Waals surface area contributed by atoms with E-state index in [4.69, 9.17) is 0 Å². The maximum absolute atomic E-state index is 13.8. The van der Waals surface area contributed by atoms with E-state index in [0.29, 0.717) is 12.0 Å². The first-order chi connectivity index (χ1) is 11.4. The molecule has 0 atom stereocenters. The van der Waals surface area contributed by atoms with Gasteiger partial charge in [-0.3, -0.25) is 0 Å². The van der Waals surface area contributed by atoms with Gasteiger partial charge in [0.2, 0.25) is 0 Å². The zero-order valence-corrected chi connectivity index (χ0v) is 12.7. The molecular weight excluding hydrogens is 327 g/mol. The summed E-state index contributed by atoms with van der Waals surface area (Å²) in [5, 5.41) is 6.89. The number of rotatable bonds is 5. The van der Waals surface area contributed by atoms with Crippen LogP contribution in [0.3, 0.4) is 0 Å². The summed E-state index contributed by atoms with van der Waals surface area (Å²) in [5.41, 5.74) is 0.0803. The Bertz CT molecular complexity index is 754. The van der Waals surface area contributed by atoms with Crippen LogP contribution in [-0.4, -0.2) is 12.4 Å². The van der Waals surface area contributed by atoms with E-state index in [-0.39, 0.29) is 11.1 Å². The SMILES string of the molecule is CCCc1cc(F)c(/C=N/N=C/c2cc(F)c(F)c(F)c2)c(F)c1. The smallest absolute Gasteiger partial charge is 0.194 e. The van der Waals surface area contributed by atoms with Gasteiger partial charge in [0.25, 0.3) is 0 Å². The van der Waals surface area contributed by atoms with Crippen molar-refractivity contribution in [3.05, 3.63) is 70.0 Å². The molecule has 0 aliphatic rings. The fourth-order valence-electron chi connectivity index (χ4n) is 2.03. The van der Waals surface area contributed by atoms with Gasteiger partial charge in [0, 0.05) is 5.56 Å². The van der Waals surface area contributed by atoms with Gasteiger partial charge in [-0.15, -0.1) is 0 Å². The molecule has 0 aliphatic heterocycles. The molecule has 0 fully saturated rings. The van der Waals surface area contributed by atoms with Gasteiger partial charge in [0.1, 0.15) is 11.6 Å². The molecule has 2 aromatic rings. The highest BCUT2D eigenvalue weighted by atomic mass is 19.2. The van der Waals surface area contributed by atoms with Crippen molar-refractivity contribution in [3.63, 3.8) is 0 Å². The topological polar surface area (TPSA) is 24.7 Å². The van der Waals surface area contributed by atoms with Crippen LogP contribution in [-0.2, 0) is 6.42 Å². The first kappa shape index (κ1) is 17.8. The van der Waals surface area contributed by atoms with Crippen molar-refractivity contribution in [1.29, 1.82) is 0 Å². The summed E-state index contributed by atoms with van der Waals surface area (Å²) in [7, 11) is 0. The molecule has 0 saturated carbocycles. The lowest BCUT2D eigenvalue weighted by molar-refractivity contribution is 0.447. The van der Waals surface area contributed by atoms with Crippen LogP contribution >= 0.6 is 0 Å². The van der Waals surface area contributed by atoms with Crippen molar-refractivity contribution in [2.24, 2.45) is 10.2 Å². The third-order valence-corrected chi connectivity index (χ3v) is 3.14. The van der Waals surface area contributed by atoms with Gasteiger partial charge in [0.05, 0.1) is 18.0 Å². The second-order valence-corrected chi connectivity index (χ2v) is 5.01. The summed E-state index contributed by atoms with van der Waals surface area (Å²) in [5.74, 6) is -5.90. The van der Waals surface area contributed by atoms with Crippen molar-refractivity contribution in [2.45, 2.75) is 19.8 Å². The average molecular weight is 340 g/mol. The maximum Gasteiger partial charge on any atom is 0.194 e. The summed E-state index contributed by atoms with van der Waals surface area (Å²) in [6.07, 6.45) is 3.09. The monoisotopic (exact) mass is 340 g/mol. The van der Waals surface area contributed by atoms with Gasteiger partial charge < -0.3 is 0 Å². The van der Waals surface area contributed by atoms with Crippen LogP contribution in [0.1, 0.15) is 30.0 Å². The molecule has 0 aliphatic carbocycles. The number of halogens is 5. The highest BCUT2D eigenvalue weighted by molar-refractivity contribution is 5.83. The van der Waals surface area contributed by atoms with E-state index in [9.17, 15) is 22.0 Å². The van der Waals surface area contributed by atoms with Crippen molar-refractivity contribution in [2.75, 3.05) is 0 Å². The lowest BCUT2D eigenvalue weighted by Gasteiger charge is -2.03. The molecule has 0 bridgehead atoms. The number of nitrogens with zero attached hydrogens (tertiary/aromatic N) is 2. The van der Waals surface area contributed by atoms with Crippen LogP contribution in [0.25, 0.3) is 0 Å². The predicted molar refractivity (Wildman–Crippen MR) is 81.9 cm³/mol. The van der Waals surface area contributed by atoms with Crippen molar-refractivity contribution >= 4 is 12.4 Å². The zero-order chi connectivity index (χ0) is 17.7. The van der Waals surface area contributed by atoms with E-state index < -0.39 is 29.1 Å². The van der Waals surface area contributed by atoms with E-state index in [1.807, 2.05) is 6.92 Å². The second kappa shape index (κ2) is 7.81. The second-order valence-electron chi connectivity index (χ2n) is 5.01. The highest BCUT2D eigenvalue weighted by Gasteiger charge is 2.10. The molecule has 0 aromatic heterocycles. The summed E-state index contributed by atoms with van der Waals surface area (Å²) < 4.78 is 66.4. The van der Waals surface area contributed by atoms with Crippen molar-refractivity contribution in [3.8, 4) is 0 Å². The summed E-state index contributed by atoms with van der Waals surface area (Å²) in [6.45, 7) is 1.89. The van der Waals surface area contributed by atoms with Gasteiger partial charge in [0.15, 0.2) is 17.5 Å². The van der Waals surface area contributed by atoms with Gasteiger partial charge in [-0.05, 0) is 36.2 Å². The fourth-order valence-corrected chi connectivity index (χ4v) is 2.03. The number of hydrogen-bond donors (Lipinski definition) is 0. The zero-order valence-electron chi connectivity index (χ0n) is 12.7. The third-order valence-electron chi connectivity index (χ3n) is 3.14. The Morgan fingerprint density at radius 1 is 0.792 bits per heavy atom. The minimum absolute atomic E-state index is 0.0808. The normalized spacial score (nSPS) is 11.8. The molecule has 2 aromatic carbocycles. The van der Waals surface area contributed by atoms with Gasteiger partial charge in [-0.2, -0.15) is 10.2 Å². The molecule has 2 rings (SSSR count). The highest BCUT2D eigenvalue weighted by Crippen LogP contribution is 2.15. The summed E-state index contributed by atoms with van der Waals surface area (Å²) in [4.78, 5) is 0. The molecule has 0 unspecified atom stereocenters. The average Bonchev–Trinajstić information content (AvgIpc) is 2.51. The molecule has 0 radical (unpaired) electrons. The molecule has 0 saturated heterocycles. The number of hydrogen-bond acceptors (Lipinski definition) is 2. The summed E-state index contributed by atoms with van der Waals surface area (Å²) >= 11 is 0. The Hall–Kier alpha value is -2.57. The number of aryl methyl sites for hydroxylation is 1. The van der Waals surface area contributed by atoms with Crippen molar-refractivity contribution < 1.29 is 22.0 Å². The minimum atomic E-state index is -1.59. The fraction of sp³-hybridized carbons (Fsp3) is 0.176. The Balaban J connectivity index is 2.17. The Morgan fingerprint density at radius 3 is 1.88 bits per heavy atom. The molecule has 0 spiro atoms. The minimum Gasteiger partial charge on any atom is -0.206 e. The standard InChI is InChI=1S/C17H13F5N2/c1-2-3-10-4-13(18)12(14(19)5-10)9-24-23-8-11-6-15(20)17(22)16(21)7-11/h4-9H,2-3H2,1H3/b23-8+,24-9+. The van der Waals surface area contributed by atoms with Gasteiger partial charge >= 0.3 is 0 Å². The van der Waals surface area contributed by atoms with E-state index in [0.717, 1.165) is 31.0 Å². The summed E-state index contributed by atoms with van der Waals surface area (Å²) in [6, 6.07) is 3.86. The molecule has 0 heterocycles. The third kappa shape index (κ3) is 4.24. The van der Waals surface area contributed by atoms with Gasteiger partial charge in [-0.1, -0.05) is 13.3 Å². The lowest BCUT2D eigenvalue weighted by atomic mass is 10.1. The Labute approximate surface area is 135 Å². The van der Waals surface area contributed by atoms with E-state index in [1.165, 1.54) is 12.1 Å². The lowest BCUT2D eigenvalue weighted by Crippen LogP contribution is -1.97. The molecule has 24 heavy (non-hydrogen) atoms. The molecule has 2 nitrogen and oxygen atoms in total. The molecule has 126 valence electrons. The van der Waals surface area contributed by atoms with Gasteiger partial charge in [-0.25, -0.2) is 22.0 Å². The van der Waals surface area contributed by atoms with E-state index in [1.54, 1.807) is 0 Å². The van der Waals surface area contributed by atoms with Crippen LogP contribution in [0.4, 0.5) is 22.0 Å². The largest absolute Gasteiger partial charge is 0.206 e. The molecule has 7 heteroatoms. The van der Waals surface area contributed by atoms with Crippen molar-refractivity contribution in [1.82, 2.24) is 0 Å². The van der Waals surface area contributed by atoms with E-state index in [2.05, 4.69) is 10.2 Å². The molecule has 0 amide bonds. The first-order valence-corrected chi connectivity index (χ1v) is 7.11. The number of benzene rings is 2. The molecular formula is C17H13F5N2. The van der Waals surface area contributed by atoms with Crippen LogP contribution in [0.5, 0.6) is 0 Å². The van der Waals surface area contributed by atoms with Crippen LogP contribution in [0.2, 0.25) is 0 Å².